The first-order valence-corrected chi connectivity index (χ1v) is 7.79. The molecule has 3 rings (SSSR count). The molecular formula is C16H18ClN3O3. The average Bonchev–Trinajstić information content (AvgIpc) is 2.89. The fourth-order valence-electron chi connectivity index (χ4n) is 2.56. The Hall–Kier alpha value is -2.05. The van der Waals surface area contributed by atoms with Gasteiger partial charge in [-0.2, -0.15) is 0 Å². The summed E-state index contributed by atoms with van der Waals surface area (Å²) in [5.74, 6) is 0.338. The molecule has 6 nitrogen and oxygen atoms in total. The van der Waals surface area contributed by atoms with E-state index >= 15 is 0 Å². The molecule has 0 spiro atoms. The van der Waals surface area contributed by atoms with Crippen LogP contribution in [-0.2, 0) is 11.8 Å². The Morgan fingerprint density at radius 3 is 3.09 bits per heavy atom. The second-order valence-corrected chi connectivity index (χ2v) is 5.86. The highest BCUT2D eigenvalue weighted by Crippen LogP contribution is 2.17. The van der Waals surface area contributed by atoms with Gasteiger partial charge in [0.2, 0.25) is 5.88 Å². The number of amides is 1. The molecule has 1 saturated heterocycles. The topological polar surface area (TPSA) is 65.4 Å². The Bertz CT molecular complexity index is 674. The fourth-order valence-corrected chi connectivity index (χ4v) is 2.81. The Kier molecular flexibility index (Phi) is 4.83. The van der Waals surface area contributed by atoms with Gasteiger partial charge in [0.15, 0.2) is 0 Å². The van der Waals surface area contributed by atoms with Crippen molar-refractivity contribution in [3.8, 4) is 5.88 Å². The molecule has 7 heteroatoms. The summed E-state index contributed by atoms with van der Waals surface area (Å²) >= 11 is 5.93. The first-order valence-electron chi connectivity index (χ1n) is 7.41. The smallest absolute Gasteiger partial charge is 0.268 e. The maximum absolute atomic E-state index is 12.4. The molecule has 2 aromatic heterocycles. The largest absolute Gasteiger partial charge is 0.470 e. The van der Waals surface area contributed by atoms with Crippen LogP contribution in [0.25, 0.3) is 0 Å². The number of hydrogen-bond donors (Lipinski definition) is 1. The number of hydrogen-bond acceptors (Lipinski definition) is 4. The number of aromatic nitrogens is 2. The Labute approximate surface area is 139 Å². The summed E-state index contributed by atoms with van der Waals surface area (Å²) in [7, 11) is 1.78. The van der Waals surface area contributed by atoms with Gasteiger partial charge in [-0.3, -0.25) is 4.79 Å². The van der Waals surface area contributed by atoms with E-state index in [0.29, 0.717) is 36.2 Å². The maximum atomic E-state index is 12.4. The normalized spacial score (nSPS) is 21.0. The van der Waals surface area contributed by atoms with Gasteiger partial charge >= 0.3 is 0 Å². The van der Waals surface area contributed by atoms with Gasteiger partial charge in [0, 0.05) is 32.1 Å². The van der Waals surface area contributed by atoms with Crippen LogP contribution in [0, 0.1) is 0 Å². The van der Waals surface area contributed by atoms with Gasteiger partial charge in [-0.05, 0) is 18.6 Å². The minimum atomic E-state index is -0.279. The molecule has 0 saturated carbocycles. The average molecular weight is 336 g/mol. The van der Waals surface area contributed by atoms with Crippen molar-refractivity contribution in [1.29, 1.82) is 0 Å². The molecule has 1 aliphatic rings. The van der Waals surface area contributed by atoms with Crippen molar-refractivity contribution < 1.29 is 14.3 Å². The SMILES string of the molecule is Cn1cc(Cl)cc1C(=O)N[C@@H]1CCOC[C@H]1Oc1ccccn1. The van der Waals surface area contributed by atoms with Crippen LogP contribution >= 0.6 is 11.6 Å². The number of nitrogens with one attached hydrogen (secondary N) is 1. The van der Waals surface area contributed by atoms with Gasteiger partial charge in [0.05, 0.1) is 17.7 Å². The highest BCUT2D eigenvalue weighted by atomic mass is 35.5. The molecule has 0 aliphatic carbocycles. The van der Waals surface area contributed by atoms with E-state index in [4.69, 9.17) is 21.1 Å². The van der Waals surface area contributed by atoms with Crippen LogP contribution in [0.15, 0.2) is 36.7 Å². The second kappa shape index (κ2) is 7.02. The lowest BCUT2D eigenvalue weighted by atomic mass is 10.1. The Morgan fingerprint density at radius 2 is 2.39 bits per heavy atom. The van der Waals surface area contributed by atoms with E-state index in [-0.39, 0.29) is 18.1 Å². The molecule has 3 heterocycles. The number of carbonyl (C=O) groups excluding carboxylic acids is 1. The summed E-state index contributed by atoms with van der Waals surface area (Å²) in [6.07, 6.45) is 3.76. The van der Waals surface area contributed by atoms with E-state index in [1.165, 1.54) is 0 Å². The molecule has 0 bridgehead atoms. The fraction of sp³-hybridized carbons (Fsp3) is 0.375. The highest BCUT2D eigenvalue weighted by Gasteiger charge is 2.30. The zero-order valence-corrected chi connectivity index (χ0v) is 13.5. The quantitative estimate of drug-likeness (QED) is 0.928. The summed E-state index contributed by atoms with van der Waals surface area (Å²) in [5.41, 5.74) is 0.512. The Morgan fingerprint density at radius 1 is 1.52 bits per heavy atom. The molecular weight excluding hydrogens is 318 g/mol. The monoisotopic (exact) mass is 335 g/mol. The van der Waals surface area contributed by atoms with E-state index in [9.17, 15) is 4.79 Å². The van der Waals surface area contributed by atoms with E-state index in [2.05, 4.69) is 10.3 Å². The van der Waals surface area contributed by atoms with Gasteiger partial charge in [0.1, 0.15) is 11.8 Å². The number of carbonyl (C=O) groups is 1. The number of rotatable bonds is 4. The van der Waals surface area contributed by atoms with E-state index in [1.807, 2.05) is 12.1 Å². The standard InChI is InChI=1S/C16H18ClN3O3/c1-20-9-11(17)8-13(20)16(21)19-12-5-7-22-10-14(12)23-15-4-2-3-6-18-15/h2-4,6,8-9,12,14H,5,7,10H2,1H3,(H,19,21)/t12-,14-/m1/s1. The van der Waals surface area contributed by atoms with Crippen molar-refractivity contribution in [3.63, 3.8) is 0 Å². The lowest BCUT2D eigenvalue weighted by Crippen LogP contribution is -2.51. The molecule has 2 aromatic rings. The summed E-state index contributed by atoms with van der Waals surface area (Å²) in [5, 5.41) is 3.54. The van der Waals surface area contributed by atoms with Crippen molar-refractivity contribution in [2.24, 2.45) is 7.05 Å². The molecule has 0 radical (unpaired) electrons. The van der Waals surface area contributed by atoms with Gasteiger partial charge in [0.25, 0.3) is 5.91 Å². The highest BCUT2D eigenvalue weighted by molar-refractivity contribution is 6.31. The van der Waals surface area contributed by atoms with E-state index in [1.54, 1.807) is 36.1 Å². The minimum Gasteiger partial charge on any atom is -0.470 e. The predicted octanol–water partition coefficient (Wildman–Crippen LogP) is 2.04. The van der Waals surface area contributed by atoms with Gasteiger partial charge in [-0.15, -0.1) is 0 Å². The summed E-state index contributed by atoms with van der Waals surface area (Å²) in [6.45, 7) is 0.996. The number of aryl methyl sites for hydroxylation is 1. The molecule has 2 atom stereocenters. The molecule has 0 aromatic carbocycles. The van der Waals surface area contributed by atoms with Gasteiger partial charge < -0.3 is 19.4 Å². The molecule has 0 unspecified atom stereocenters. The number of halogens is 1. The van der Waals surface area contributed by atoms with Crippen LogP contribution in [0.3, 0.4) is 0 Å². The second-order valence-electron chi connectivity index (χ2n) is 5.42. The van der Waals surface area contributed by atoms with Crippen molar-refractivity contribution in [2.45, 2.75) is 18.6 Å². The molecule has 1 fully saturated rings. The zero-order valence-electron chi connectivity index (χ0n) is 12.7. The molecule has 1 amide bonds. The lowest BCUT2D eigenvalue weighted by molar-refractivity contribution is -0.0153. The van der Waals surface area contributed by atoms with Gasteiger partial charge in [-0.25, -0.2) is 4.98 Å². The van der Waals surface area contributed by atoms with Crippen LogP contribution in [-0.4, -0.2) is 40.8 Å². The van der Waals surface area contributed by atoms with Crippen LogP contribution in [0.2, 0.25) is 5.02 Å². The van der Waals surface area contributed by atoms with Crippen LogP contribution < -0.4 is 10.1 Å². The first-order chi connectivity index (χ1) is 11.1. The van der Waals surface area contributed by atoms with Crippen LogP contribution in [0.1, 0.15) is 16.9 Å². The lowest BCUT2D eigenvalue weighted by Gasteiger charge is -2.32. The zero-order chi connectivity index (χ0) is 16.2. The number of ether oxygens (including phenoxy) is 2. The first kappa shape index (κ1) is 15.8. The number of pyridine rings is 1. The third kappa shape index (κ3) is 3.83. The Balaban J connectivity index is 1.69. The molecule has 1 aliphatic heterocycles. The van der Waals surface area contributed by atoms with E-state index < -0.39 is 0 Å². The summed E-state index contributed by atoms with van der Waals surface area (Å²) in [4.78, 5) is 16.6. The van der Waals surface area contributed by atoms with Crippen LogP contribution in [0.5, 0.6) is 5.88 Å². The maximum Gasteiger partial charge on any atom is 0.268 e. The van der Waals surface area contributed by atoms with Crippen molar-refractivity contribution in [3.05, 3.63) is 47.4 Å². The third-order valence-electron chi connectivity index (χ3n) is 3.73. The molecule has 122 valence electrons. The predicted molar refractivity (Wildman–Crippen MR) is 85.8 cm³/mol. The molecule has 23 heavy (non-hydrogen) atoms. The third-order valence-corrected chi connectivity index (χ3v) is 3.94. The summed E-state index contributed by atoms with van der Waals surface area (Å²) < 4.78 is 13.0. The van der Waals surface area contributed by atoms with Gasteiger partial charge in [-0.1, -0.05) is 17.7 Å². The number of nitrogens with zero attached hydrogens (tertiary/aromatic N) is 2. The van der Waals surface area contributed by atoms with Crippen LogP contribution in [0.4, 0.5) is 0 Å². The van der Waals surface area contributed by atoms with Crippen molar-refractivity contribution >= 4 is 17.5 Å². The minimum absolute atomic E-state index is 0.146. The summed E-state index contributed by atoms with van der Waals surface area (Å²) in [6, 6.07) is 6.95. The molecule has 1 N–H and O–H groups in total. The van der Waals surface area contributed by atoms with Crippen molar-refractivity contribution in [2.75, 3.05) is 13.2 Å². The van der Waals surface area contributed by atoms with Crippen molar-refractivity contribution in [1.82, 2.24) is 14.9 Å². The van der Waals surface area contributed by atoms with E-state index in [0.717, 1.165) is 0 Å².